The smallest absolute Gasteiger partial charge is 0.238 e. The molecule has 0 aromatic heterocycles. The van der Waals surface area contributed by atoms with Crippen molar-refractivity contribution in [2.24, 2.45) is 5.14 Å². The van der Waals surface area contributed by atoms with Crippen LogP contribution in [0.15, 0.2) is 29.2 Å². The van der Waals surface area contributed by atoms with Gasteiger partial charge in [0.2, 0.25) is 15.9 Å². The van der Waals surface area contributed by atoms with E-state index in [0.717, 1.165) is 12.0 Å². The number of nitrogens with one attached hydrogen (secondary N) is 1. The van der Waals surface area contributed by atoms with Gasteiger partial charge in [-0.15, -0.1) is 0 Å². The summed E-state index contributed by atoms with van der Waals surface area (Å²) in [7, 11) is -3.65. The molecule has 1 rings (SSSR count). The Balaban J connectivity index is 2.53. The van der Waals surface area contributed by atoms with Gasteiger partial charge >= 0.3 is 0 Å². The standard InChI is InChI=1S/C13H20N2O3S/c1-3-10(2)15-13(16)9-6-11-4-7-12(8-5-11)19(14,17)18/h4-5,7-8,10H,3,6,9H2,1-2H3,(H,15,16)(H2,14,17,18)/t10-/m1/s1. The van der Waals surface area contributed by atoms with Gasteiger partial charge in [0.05, 0.1) is 4.90 Å². The fraction of sp³-hybridized carbons (Fsp3) is 0.462. The first-order valence-corrected chi connectivity index (χ1v) is 7.78. The van der Waals surface area contributed by atoms with Crippen molar-refractivity contribution in [2.45, 2.75) is 44.0 Å². The number of hydrogen-bond donors (Lipinski definition) is 2. The highest BCUT2D eigenvalue weighted by molar-refractivity contribution is 7.89. The average Bonchev–Trinajstić information content (AvgIpc) is 2.35. The largest absolute Gasteiger partial charge is 0.354 e. The predicted octanol–water partition coefficient (Wildman–Crippen LogP) is 1.18. The molecule has 6 heteroatoms. The average molecular weight is 284 g/mol. The van der Waals surface area contributed by atoms with Gasteiger partial charge in [-0.1, -0.05) is 19.1 Å². The lowest BCUT2D eigenvalue weighted by molar-refractivity contribution is -0.121. The summed E-state index contributed by atoms with van der Waals surface area (Å²) in [5.74, 6) is 0.00451. The maximum atomic E-state index is 11.6. The lowest BCUT2D eigenvalue weighted by Gasteiger charge is -2.11. The van der Waals surface area contributed by atoms with Gasteiger partial charge in [-0.25, -0.2) is 13.6 Å². The zero-order valence-corrected chi connectivity index (χ0v) is 12.0. The molecule has 0 fully saturated rings. The van der Waals surface area contributed by atoms with E-state index < -0.39 is 10.0 Å². The lowest BCUT2D eigenvalue weighted by atomic mass is 10.1. The van der Waals surface area contributed by atoms with Gasteiger partial charge in [-0.3, -0.25) is 4.79 Å². The molecule has 0 aliphatic heterocycles. The Kier molecular flexibility index (Phi) is 5.50. The van der Waals surface area contributed by atoms with E-state index in [2.05, 4.69) is 5.32 Å². The number of carbonyl (C=O) groups is 1. The Bertz CT molecular complexity index is 523. The Morgan fingerprint density at radius 3 is 2.37 bits per heavy atom. The monoisotopic (exact) mass is 284 g/mol. The van der Waals surface area contributed by atoms with Crippen molar-refractivity contribution >= 4 is 15.9 Å². The van der Waals surface area contributed by atoms with E-state index in [9.17, 15) is 13.2 Å². The van der Waals surface area contributed by atoms with Gasteiger partial charge in [0, 0.05) is 12.5 Å². The molecule has 106 valence electrons. The van der Waals surface area contributed by atoms with Crippen LogP contribution in [-0.2, 0) is 21.2 Å². The van der Waals surface area contributed by atoms with E-state index >= 15 is 0 Å². The number of amides is 1. The first kappa shape index (κ1) is 15.7. The number of primary sulfonamides is 1. The molecule has 0 unspecified atom stereocenters. The van der Waals surface area contributed by atoms with Crippen molar-refractivity contribution in [1.29, 1.82) is 0 Å². The van der Waals surface area contributed by atoms with E-state index in [4.69, 9.17) is 5.14 Å². The third kappa shape index (κ3) is 5.40. The summed E-state index contributed by atoms with van der Waals surface area (Å²) in [4.78, 5) is 11.7. The molecular formula is C13H20N2O3S. The minimum atomic E-state index is -3.65. The summed E-state index contributed by atoms with van der Waals surface area (Å²) >= 11 is 0. The molecule has 1 aromatic rings. The first-order valence-electron chi connectivity index (χ1n) is 6.24. The van der Waals surface area contributed by atoms with Crippen molar-refractivity contribution in [1.82, 2.24) is 5.32 Å². The topological polar surface area (TPSA) is 89.3 Å². The van der Waals surface area contributed by atoms with Crippen molar-refractivity contribution < 1.29 is 13.2 Å². The minimum Gasteiger partial charge on any atom is -0.354 e. The quantitative estimate of drug-likeness (QED) is 0.822. The molecular weight excluding hydrogens is 264 g/mol. The van der Waals surface area contributed by atoms with Gasteiger partial charge in [-0.05, 0) is 37.5 Å². The summed E-state index contributed by atoms with van der Waals surface area (Å²) in [6.45, 7) is 3.97. The predicted molar refractivity (Wildman–Crippen MR) is 74.0 cm³/mol. The zero-order valence-electron chi connectivity index (χ0n) is 11.2. The molecule has 0 radical (unpaired) electrons. The summed E-state index contributed by atoms with van der Waals surface area (Å²) in [5, 5.41) is 7.89. The third-order valence-electron chi connectivity index (χ3n) is 2.91. The van der Waals surface area contributed by atoms with Gasteiger partial charge in [0.15, 0.2) is 0 Å². The number of benzene rings is 1. The summed E-state index contributed by atoms with van der Waals surface area (Å²) in [6.07, 6.45) is 1.86. The van der Waals surface area contributed by atoms with E-state index in [1.807, 2.05) is 13.8 Å². The first-order chi connectivity index (χ1) is 8.82. The Hall–Kier alpha value is -1.40. The number of nitrogens with two attached hydrogens (primary N) is 1. The molecule has 3 N–H and O–H groups in total. The van der Waals surface area contributed by atoms with E-state index in [-0.39, 0.29) is 16.8 Å². The molecule has 0 saturated heterocycles. The summed E-state index contributed by atoms with van der Waals surface area (Å²) < 4.78 is 22.2. The van der Waals surface area contributed by atoms with Crippen LogP contribution in [0.25, 0.3) is 0 Å². The highest BCUT2D eigenvalue weighted by Gasteiger charge is 2.08. The number of aryl methyl sites for hydroxylation is 1. The normalized spacial score (nSPS) is 13.0. The van der Waals surface area contributed by atoms with Gasteiger partial charge in [0.1, 0.15) is 0 Å². The molecule has 0 aliphatic carbocycles. The molecule has 0 aliphatic rings. The van der Waals surface area contributed by atoms with Crippen molar-refractivity contribution in [3.8, 4) is 0 Å². The van der Waals surface area contributed by atoms with E-state index in [0.29, 0.717) is 12.8 Å². The van der Waals surface area contributed by atoms with Gasteiger partial charge in [-0.2, -0.15) is 0 Å². The molecule has 1 atom stereocenters. The SMILES string of the molecule is CC[C@@H](C)NC(=O)CCc1ccc(S(N)(=O)=O)cc1. The Morgan fingerprint density at radius 2 is 1.89 bits per heavy atom. The van der Waals surface area contributed by atoms with Crippen LogP contribution in [0.2, 0.25) is 0 Å². The Labute approximate surface area is 114 Å². The van der Waals surface area contributed by atoms with Crippen LogP contribution in [0.3, 0.4) is 0 Å². The number of rotatable bonds is 6. The maximum Gasteiger partial charge on any atom is 0.238 e. The molecule has 0 spiro atoms. The van der Waals surface area contributed by atoms with Crippen LogP contribution in [0, 0.1) is 0 Å². The molecule has 0 bridgehead atoms. The molecule has 1 amide bonds. The lowest BCUT2D eigenvalue weighted by Crippen LogP contribution is -2.32. The fourth-order valence-corrected chi connectivity index (χ4v) is 2.07. The molecule has 19 heavy (non-hydrogen) atoms. The van der Waals surface area contributed by atoms with Crippen LogP contribution in [0.1, 0.15) is 32.3 Å². The number of carbonyl (C=O) groups excluding carboxylic acids is 1. The second kappa shape index (κ2) is 6.68. The second-order valence-electron chi connectivity index (χ2n) is 4.57. The highest BCUT2D eigenvalue weighted by Crippen LogP contribution is 2.10. The number of hydrogen-bond acceptors (Lipinski definition) is 3. The van der Waals surface area contributed by atoms with E-state index in [1.54, 1.807) is 12.1 Å². The zero-order chi connectivity index (χ0) is 14.5. The van der Waals surface area contributed by atoms with Gasteiger partial charge in [0.25, 0.3) is 0 Å². The van der Waals surface area contributed by atoms with Crippen molar-refractivity contribution in [2.75, 3.05) is 0 Å². The van der Waals surface area contributed by atoms with Crippen LogP contribution in [0.5, 0.6) is 0 Å². The van der Waals surface area contributed by atoms with Crippen LogP contribution < -0.4 is 10.5 Å². The third-order valence-corrected chi connectivity index (χ3v) is 3.84. The summed E-state index contributed by atoms with van der Waals surface area (Å²) in [5.41, 5.74) is 0.909. The Morgan fingerprint density at radius 1 is 1.32 bits per heavy atom. The van der Waals surface area contributed by atoms with Crippen LogP contribution in [-0.4, -0.2) is 20.4 Å². The molecule has 1 aromatic carbocycles. The minimum absolute atomic E-state index is 0.00451. The van der Waals surface area contributed by atoms with Crippen molar-refractivity contribution in [3.05, 3.63) is 29.8 Å². The van der Waals surface area contributed by atoms with Crippen LogP contribution in [0.4, 0.5) is 0 Å². The van der Waals surface area contributed by atoms with Crippen molar-refractivity contribution in [3.63, 3.8) is 0 Å². The maximum absolute atomic E-state index is 11.6. The molecule has 5 nitrogen and oxygen atoms in total. The van der Waals surface area contributed by atoms with Gasteiger partial charge < -0.3 is 5.32 Å². The fourth-order valence-electron chi connectivity index (χ4n) is 1.55. The second-order valence-corrected chi connectivity index (χ2v) is 6.13. The summed E-state index contributed by atoms with van der Waals surface area (Å²) in [6, 6.07) is 6.44. The number of sulfonamides is 1. The highest BCUT2D eigenvalue weighted by atomic mass is 32.2. The molecule has 0 saturated carbocycles. The molecule has 0 heterocycles. The van der Waals surface area contributed by atoms with Crippen LogP contribution >= 0.6 is 0 Å². The van der Waals surface area contributed by atoms with E-state index in [1.165, 1.54) is 12.1 Å².